The molecule has 1 aliphatic heterocycles. The Morgan fingerprint density at radius 1 is 0.962 bits per heavy atom. The van der Waals surface area contributed by atoms with Crippen molar-refractivity contribution in [1.82, 2.24) is 9.47 Å². The van der Waals surface area contributed by atoms with E-state index in [4.69, 9.17) is 4.74 Å². The van der Waals surface area contributed by atoms with E-state index >= 15 is 0 Å². The number of aryl methyl sites for hydroxylation is 2. The number of aromatic nitrogens is 1. The van der Waals surface area contributed by atoms with Crippen LogP contribution in [0.5, 0.6) is 0 Å². The SMILES string of the molecule is CCc1ccc(-n2ccc([C@@H]3OCCN3Cc3ccc(C)cc3)c2)cc1. The fourth-order valence-corrected chi connectivity index (χ4v) is 3.52. The van der Waals surface area contributed by atoms with Gasteiger partial charge in [-0.25, -0.2) is 0 Å². The van der Waals surface area contributed by atoms with E-state index in [0.717, 1.165) is 26.1 Å². The fourth-order valence-electron chi connectivity index (χ4n) is 3.52. The molecule has 3 nitrogen and oxygen atoms in total. The van der Waals surface area contributed by atoms with Gasteiger partial charge in [0.25, 0.3) is 0 Å². The normalized spacial score (nSPS) is 17.7. The van der Waals surface area contributed by atoms with Crippen molar-refractivity contribution in [3.05, 3.63) is 89.2 Å². The Morgan fingerprint density at radius 2 is 1.69 bits per heavy atom. The summed E-state index contributed by atoms with van der Waals surface area (Å²) in [6, 6.07) is 19.7. The molecule has 0 spiro atoms. The average Bonchev–Trinajstić information content (AvgIpc) is 3.33. The van der Waals surface area contributed by atoms with Crippen molar-refractivity contribution < 1.29 is 4.74 Å². The van der Waals surface area contributed by atoms with Gasteiger partial charge < -0.3 is 9.30 Å². The molecule has 0 aliphatic carbocycles. The Bertz CT molecular complexity index is 849. The van der Waals surface area contributed by atoms with Crippen molar-refractivity contribution in [2.45, 2.75) is 33.0 Å². The van der Waals surface area contributed by atoms with Gasteiger partial charge in [-0.1, -0.05) is 48.9 Å². The smallest absolute Gasteiger partial charge is 0.138 e. The van der Waals surface area contributed by atoms with E-state index in [1.807, 2.05) is 0 Å². The summed E-state index contributed by atoms with van der Waals surface area (Å²) >= 11 is 0. The van der Waals surface area contributed by atoms with E-state index in [9.17, 15) is 0 Å². The first-order valence-corrected chi connectivity index (χ1v) is 9.41. The molecular weight excluding hydrogens is 320 g/mol. The zero-order chi connectivity index (χ0) is 17.9. The van der Waals surface area contributed by atoms with Crippen molar-refractivity contribution in [3.63, 3.8) is 0 Å². The Hall–Kier alpha value is -2.36. The highest BCUT2D eigenvalue weighted by Gasteiger charge is 2.27. The van der Waals surface area contributed by atoms with Crippen LogP contribution >= 0.6 is 0 Å². The molecule has 4 rings (SSSR count). The van der Waals surface area contributed by atoms with Crippen molar-refractivity contribution in [2.24, 2.45) is 0 Å². The molecule has 0 N–H and O–H groups in total. The van der Waals surface area contributed by atoms with Crippen LogP contribution in [0.4, 0.5) is 0 Å². The van der Waals surface area contributed by atoms with Crippen LogP contribution in [0.15, 0.2) is 67.0 Å². The van der Waals surface area contributed by atoms with Gasteiger partial charge in [0, 0.05) is 36.7 Å². The first-order valence-electron chi connectivity index (χ1n) is 9.41. The second-order valence-corrected chi connectivity index (χ2v) is 7.05. The lowest BCUT2D eigenvalue weighted by molar-refractivity contribution is 0.0288. The third kappa shape index (κ3) is 3.59. The molecule has 0 amide bonds. The third-order valence-corrected chi connectivity index (χ3v) is 5.14. The van der Waals surface area contributed by atoms with Crippen LogP contribution in [-0.4, -0.2) is 22.6 Å². The molecule has 1 atom stereocenters. The first-order chi connectivity index (χ1) is 12.7. The average molecular weight is 346 g/mol. The minimum atomic E-state index is 0.0347. The zero-order valence-corrected chi connectivity index (χ0v) is 15.6. The van der Waals surface area contributed by atoms with Crippen LogP contribution in [0.2, 0.25) is 0 Å². The largest absolute Gasteiger partial charge is 0.357 e. The Kier molecular flexibility index (Phi) is 4.91. The minimum Gasteiger partial charge on any atom is -0.357 e. The second kappa shape index (κ2) is 7.48. The lowest BCUT2D eigenvalue weighted by Gasteiger charge is -2.22. The highest BCUT2D eigenvalue weighted by Crippen LogP contribution is 2.29. The van der Waals surface area contributed by atoms with Crippen LogP contribution in [0.25, 0.3) is 5.69 Å². The van der Waals surface area contributed by atoms with E-state index in [-0.39, 0.29) is 6.23 Å². The molecule has 134 valence electrons. The maximum absolute atomic E-state index is 6.05. The van der Waals surface area contributed by atoms with Crippen molar-refractivity contribution >= 4 is 0 Å². The summed E-state index contributed by atoms with van der Waals surface area (Å²) in [5.74, 6) is 0. The van der Waals surface area contributed by atoms with E-state index in [2.05, 4.69) is 90.3 Å². The molecule has 0 unspecified atom stereocenters. The van der Waals surface area contributed by atoms with Gasteiger partial charge in [-0.15, -0.1) is 0 Å². The predicted octanol–water partition coefficient (Wildman–Crippen LogP) is 4.88. The van der Waals surface area contributed by atoms with Gasteiger partial charge >= 0.3 is 0 Å². The predicted molar refractivity (Wildman–Crippen MR) is 105 cm³/mol. The summed E-state index contributed by atoms with van der Waals surface area (Å²) in [4.78, 5) is 2.41. The maximum atomic E-state index is 6.05. The first kappa shape index (κ1) is 17.1. The molecule has 1 aliphatic rings. The van der Waals surface area contributed by atoms with Gasteiger partial charge in [0.2, 0.25) is 0 Å². The quantitative estimate of drug-likeness (QED) is 0.655. The van der Waals surface area contributed by atoms with Crippen LogP contribution in [0.3, 0.4) is 0 Å². The molecule has 26 heavy (non-hydrogen) atoms. The Balaban J connectivity index is 1.51. The van der Waals surface area contributed by atoms with Gasteiger partial charge in [0.05, 0.1) is 6.61 Å². The van der Waals surface area contributed by atoms with Crippen LogP contribution in [0.1, 0.15) is 35.4 Å². The van der Waals surface area contributed by atoms with Crippen LogP contribution in [-0.2, 0) is 17.7 Å². The molecule has 1 fully saturated rings. The molecule has 2 aromatic carbocycles. The topological polar surface area (TPSA) is 17.4 Å². The fraction of sp³-hybridized carbons (Fsp3) is 0.304. The van der Waals surface area contributed by atoms with Gasteiger partial charge in [-0.2, -0.15) is 0 Å². The number of rotatable bonds is 5. The maximum Gasteiger partial charge on any atom is 0.138 e. The number of nitrogens with zero attached hydrogens (tertiary/aromatic N) is 2. The number of benzene rings is 2. The second-order valence-electron chi connectivity index (χ2n) is 7.05. The summed E-state index contributed by atoms with van der Waals surface area (Å²) in [5, 5.41) is 0. The van der Waals surface area contributed by atoms with E-state index in [1.54, 1.807) is 0 Å². The van der Waals surface area contributed by atoms with Crippen molar-refractivity contribution in [2.75, 3.05) is 13.2 Å². The molecule has 0 saturated carbocycles. The highest BCUT2D eigenvalue weighted by molar-refractivity contribution is 5.36. The lowest BCUT2D eigenvalue weighted by Crippen LogP contribution is -2.23. The van der Waals surface area contributed by atoms with Crippen molar-refractivity contribution in [3.8, 4) is 5.69 Å². The van der Waals surface area contributed by atoms with E-state index in [1.165, 1.54) is 27.9 Å². The zero-order valence-electron chi connectivity index (χ0n) is 15.6. The third-order valence-electron chi connectivity index (χ3n) is 5.14. The standard InChI is InChI=1S/C23H26N2O/c1-3-19-8-10-22(11-9-19)24-13-12-21(17-24)23-25(14-15-26-23)16-20-6-4-18(2)5-7-20/h4-13,17,23H,3,14-16H2,1-2H3/t23-/m0/s1. The lowest BCUT2D eigenvalue weighted by atomic mass is 10.1. The molecular formula is C23H26N2O. The summed E-state index contributed by atoms with van der Waals surface area (Å²) in [7, 11) is 0. The molecule has 2 heterocycles. The number of ether oxygens (including phenoxy) is 1. The highest BCUT2D eigenvalue weighted by atomic mass is 16.5. The molecule has 0 radical (unpaired) electrons. The Labute approximate surface area is 155 Å². The number of hydrogen-bond donors (Lipinski definition) is 0. The van der Waals surface area contributed by atoms with Gasteiger partial charge in [-0.3, -0.25) is 4.90 Å². The van der Waals surface area contributed by atoms with Crippen LogP contribution in [0, 0.1) is 6.92 Å². The molecule has 1 aromatic heterocycles. The number of hydrogen-bond acceptors (Lipinski definition) is 2. The summed E-state index contributed by atoms with van der Waals surface area (Å²) < 4.78 is 8.23. The van der Waals surface area contributed by atoms with Crippen LogP contribution < -0.4 is 0 Å². The molecule has 0 bridgehead atoms. The summed E-state index contributed by atoms with van der Waals surface area (Å²) in [6.07, 6.45) is 5.43. The van der Waals surface area contributed by atoms with E-state index in [0.29, 0.717) is 0 Å². The van der Waals surface area contributed by atoms with Gasteiger partial charge in [0.15, 0.2) is 0 Å². The monoisotopic (exact) mass is 346 g/mol. The van der Waals surface area contributed by atoms with Gasteiger partial charge in [0.1, 0.15) is 6.23 Å². The molecule has 3 heteroatoms. The molecule has 1 saturated heterocycles. The summed E-state index contributed by atoms with van der Waals surface area (Å²) in [5.41, 5.74) is 6.41. The van der Waals surface area contributed by atoms with Gasteiger partial charge in [-0.05, 0) is 42.7 Å². The minimum absolute atomic E-state index is 0.0347. The van der Waals surface area contributed by atoms with E-state index < -0.39 is 0 Å². The van der Waals surface area contributed by atoms with Crippen molar-refractivity contribution in [1.29, 1.82) is 0 Å². The Morgan fingerprint density at radius 3 is 2.42 bits per heavy atom. The molecule has 3 aromatic rings. The summed E-state index contributed by atoms with van der Waals surface area (Å²) in [6.45, 7) is 6.98.